The zero-order valence-corrected chi connectivity index (χ0v) is 8.64. The van der Waals surface area contributed by atoms with Crippen molar-refractivity contribution in [3.63, 3.8) is 0 Å². The topological polar surface area (TPSA) is 50.7 Å². The molecule has 1 aliphatic rings. The third-order valence-corrected chi connectivity index (χ3v) is 2.50. The average molecular weight is 209 g/mol. The first kappa shape index (κ1) is 10.6. The summed E-state index contributed by atoms with van der Waals surface area (Å²) >= 11 is 0. The maximum absolute atomic E-state index is 8.83. The van der Waals surface area contributed by atoms with E-state index in [1.165, 1.54) is 0 Å². The van der Waals surface area contributed by atoms with E-state index >= 15 is 0 Å². The van der Waals surface area contributed by atoms with Gasteiger partial charge in [0.25, 0.3) is 0 Å². The molecule has 1 unspecified atom stereocenters. The van der Waals surface area contributed by atoms with Gasteiger partial charge in [0.2, 0.25) is 0 Å². The van der Waals surface area contributed by atoms with Gasteiger partial charge in [0.05, 0.1) is 19.3 Å². The van der Waals surface area contributed by atoms with Crippen LogP contribution in [0.4, 0.5) is 0 Å². The summed E-state index contributed by atoms with van der Waals surface area (Å²) in [5.41, 5.74) is 4.22. The zero-order chi connectivity index (χ0) is 10.7. The molecule has 0 aliphatic carbocycles. The van der Waals surface area contributed by atoms with Gasteiger partial charge in [-0.25, -0.2) is 0 Å². The van der Waals surface area contributed by atoms with Crippen molar-refractivity contribution < 1.29 is 14.7 Å². The lowest BCUT2D eigenvalue weighted by Crippen LogP contribution is -2.13. The fourth-order valence-electron chi connectivity index (χ4n) is 1.60. The first-order valence-corrected chi connectivity index (χ1v) is 5.04. The molecule has 1 fully saturated rings. The Hall–Kier alpha value is -0.940. The van der Waals surface area contributed by atoms with E-state index in [2.05, 4.69) is 5.48 Å². The molecule has 0 saturated carbocycles. The molecule has 4 heteroatoms. The van der Waals surface area contributed by atoms with Crippen molar-refractivity contribution in [1.82, 2.24) is 5.48 Å². The highest BCUT2D eigenvalue weighted by molar-refractivity contribution is 5.26. The molecule has 0 bridgehead atoms. The molecule has 1 aromatic carbocycles. The molecule has 0 aromatic heterocycles. The van der Waals surface area contributed by atoms with E-state index in [0.717, 1.165) is 11.1 Å². The van der Waals surface area contributed by atoms with Crippen LogP contribution in [0.25, 0.3) is 0 Å². The Morgan fingerprint density at radius 3 is 2.80 bits per heavy atom. The molecule has 0 radical (unpaired) electrons. The molecule has 4 nitrogen and oxygen atoms in total. The molecular formula is C11H15NO3. The first-order valence-electron chi connectivity index (χ1n) is 5.04. The first-order chi connectivity index (χ1) is 7.31. The minimum Gasteiger partial charge on any atom is -0.346 e. The van der Waals surface area contributed by atoms with Gasteiger partial charge in [0.1, 0.15) is 0 Å². The molecule has 82 valence electrons. The zero-order valence-electron chi connectivity index (χ0n) is 8.64. The van der Waals surface area contributed by atoms with Crippen LogP contribution in [0, 0.1) is 0 Å². The summed E-state index contributed by atoms with van der Waals surface area (Å²) in [5, 5.41) is 8.83. The second kappa shape index (κ2) is 4.72. The Kier molecular flexibility index (Phi) is 3.33. The largest absolute Gasteiger partial charge is 0.346 e. The van der Waals surface area contributed by atoms with Crippen molar-refractivity contribution in [3.8, 4) is 0 Å². The van der Waals surface area contributed by atoms with Gasteiger partial charge in [-0.15, -0.1) is 0 Å². The maximum atomic E-state index is 8.83. The van der Waals surface area contributed by atoms with E-state index < -0.39 is 0 Å². The average Bonchev–Trinajstić information content (AvgIpc) is 2.82. The Balaban J connectivity index is 2.18. The van der Waals surface area contributed by atoms with Gasteiger partial charge >= 0.3 is 0 Å². The lowest BCUT2D eigenvalue weighted by atomic mass is 10.1. The van der Waals surface area contributed by atoms with E-state index in [9.17, 15) is 0 Å². The van der Waals surface area contributed by atoms with Gasteiger partial charge < -0.3 is 14.7 Å². The summed E-state index contributed by atoms with van der Waals surface area (Å²) < 4.78 is 10.8. The standard InChI is InChI=1S/C11H15NO3/c1-8(12-13)9-3-2-4-10(7-9)11-14-5-6-15-11/h2-4,7-8,11-13H,5-6H2,1H3. The Morgan fingerprint density at radius 2 is 2.13 bits per heavy atom. The summed E-state index contributed by atoms with van der Waals surface area (Å²) in [6.45, 7) is 3.17. The Bertz CT molecular complexity index is 323. The molecule has 1 aromatic rings. The van der Waals surface area contributed by atoms with E-state index in [1.54, 1.807) is 0 Å². The van der Waals surface area contributed by atoms with Crippen molar-refractivity contribution in [1.29, 1.82) is 0 Å². The maximum Gasteiger partial charge on any atom is 0.184 e. The fraction of sp³-hybridized carbons (Fsp3) is 0.455. The highest BCUT2D eigenvalue weighted by Gasteiger charge is 2.18. The third kappa shape index (κ3) is 2.35. The molecule has 0 amide bonds. The second-order valence-corrected chi connectivity index (χ2v) is 3.59. The number of nitrogens with one attached hydrogen (secondary N) is 1. The monoisotopic (exact) mass is 209 g/mol. The normalized spacial score (nSPS) is 19.3. The van der Waals surface area contributed by atoms with Gasteiger partial charge in [-0.3, -0.25) is 0 Å². The summed E-state index contributed by atoms with van der Waals surface area (Å²) in [5.74, 6) is 0. The van der Waals surface area contributed by atoms with Crippen LogP contribution in [-0.4, -0.2) is 18.4 Å². The lowest BCUT2D eigenvalue weighted by molar-refractivity contribution is -0.0442. The second-order valence-electron chi connectivity index (χ2n) is 3.59. The number of benzene rings is 1. The highest BCUT2D eigenvalue weighted by Crippen LogP contribution is 2.25. The third-order valence-electron chi connectivity index (χ3n) is 2.50. The predicted octanol–water partition coefficient (Wildman–Crippen LogP) is 1.77. The number of rotatable bonds is 3. The minimum absolute atomic E-state index is 0.0913. The molecular weight excluding hydrogens is 194 g/mol. The van der Waals surface area contributed by atoms with Crippen molar-refractivity contribution in [2.45, 2.75) is 19.3 Å². The van der Waals surface area contributed by atoms with Crippen LogP contribution in [0.2, 0.25) is 0 Å². The lowest BCUT2D eigenvalue weighted by Gasteiger charge is -2.13. The van der Waals surface area contributed by atoms with Crippen molar-refractivity contribution >= 4 is 0 Å². The van der Waals surface area contributed by atoms with Crippen LogP contribution >= 0.6 is 0 Å². The fourth-order valence-corrected chi connectivity index (χ4v) is 1.60. The number of ether oxygens (including phenoxy) is 2. The molecule has 1 aliphatic heterocycles. The van der Waals surface area contributed by atoms with Gasteiger partial charge in [0, 0.05) is 5.56 Å². The summed E-state index contributed by atoms with van der Waals surface area (Å²) in [4.78, 5) is 0. The van der Waals surface area contributed by atoms with Crippen molar-refractivity contribution in [2.24, 2.45) is 0 Å². The highest BCUT2D eigenvalue weighted by atomic mass is 16.7. The minimum atomic E-state index is -0.254. The van der Waals surface area contributed by atoms with Crippen LogP contribution in [0.5, 0.6) is 0 Å². The quantitative estimate of drug-likeness (QED) is 0.745. The predicted molar refractivity (Wildman–Crippen MR) is 54.4 cm³/mol. The Labute approximate surface area is 88.8 Å². The van der Waals surface area contributed by atoms with E-state index in [1.807, 2.05) is 31.2 Å². The molecule has 2 N–H and O–H groups in total. The van der Waals surface area contributed by atoms with Crippen LogP contribution < -0.4 is 5.48 Å². The molecule has 1 saturated heterocycles. The van der Waals surface area contributed by atoms with Crippen molar-refractivity contribution in [2.75, 3.05) is 13.2 Å². The number of hydrogen-bond acceptors (Lipinski definition) is 4. The summed E-state index contributed by atoms with van der Waals surface area (Å²) in [6, 6.07) is 7.73. The molecule has 1 atom stereocenters. The van der Waals surface area contributed by atoms with E-state index in [4.69, 9.17) is 14.7 Å². The van der Waals surface area contributed by atoms with Crippen LogP contribution in [0.1, 0.15) is 30.4 Å². The van der Waals surface area contributed by atoms with Crippen LogP contribution in [-0.2, 0) is 9.47 Å². The smallest absolute Gasteiger partial charge is 0.184 e. The Morgan fingerprint density at radius 1 is 1.40 bits per heavy atom. The van der Waals surface area contributed by atoms with E-state index in [0.29, 0.717) is 13.2 Å². The van der Waals surface area contributed by atoms with Crippen molar-refractivity contribution in [3.05, 3.63) is 35.4 Å². The molecule has 15 heavy (non-hydrogen) atoms. The molecule has 0 spiro atoms. The number of hydroxylamine groups is 1. The molecule has 2 rings (SSSR count). The van der Waals surface area contributed by atoms with Crippen LogP contribution in [0.15, 0.2) is 24.3 Å². The summed E-state index contributed by atoms with van der Waals surface area (Å²) in [6.07, 6.45) is -0.254. The SMILES string of the molecule is CC(NO)c1cccc(C2OCCO2)c1. The van der Waals surface area contributed by atoms with Gasteiger partial charge in [-0.05, 0) is 18.6 Å². The van der Waals surface area contributed by atoms with Gasteiger partial charge in [-0.1, -0.05) is 18.2 Å². The van der Waals surface area contributed by atoms with Gasteiger partial charge in [0.15, 0.2) is 6.29 Å². The molecule has 1 heterocycles. The summed E-state index contributed by atoms with van der Waals surface area (Å²) in [7, 11) is 0. The van der Waals surface area contributed by atoms with E-state index in [-0.39, 0.29) is 12.3 Å². The number of hydrogen-bond donors (Lipinski definition) is 2. The van der Waals surface area contributed by atoms with Gasteiger partial charge in [-0.2, -0.15) is 5.48 Å². The van der Waals surface area contributed by atoms with Crippen LogP contribution in [0.3, 0.4) is 0 Å².